The number of likely N-dealkylation sites (N-methyl/N-ethyl adjacent to an activating group) is 1. The number of ketones is 1. The number of hydrogen-bond acceptors (Lipinski definition) is 7. The second-order valence-corrected chi connectivity index (χ2v) is 9.83. The zero-order valence-corrected chi connectivity index (χ0v) is 22.4. The summed E-state index contributed by atoms with van der Waals surface area (Å²) in [5.41, 5.74) is 3.10. The molecule has 3 aromatic heterocycles. The van der Waals surface area contributed by atoms with E-state index in [4.69, 9.17) is 26.2 Å². The molecule has 0 N–H and O–H groups in total. The third-order valence-electron chi connectivity index (χ3n) is 7.21. The number of unbranched alkanes of at least 4 members (excludes halogenated alkanes) is 1. The molecule has 3 aromatic rings. The van der Waals surface area contributed by atoms with E-state index in [9.17, 15) is 4.79 Å². The molecule has 2 unspecified atom stereocenters. The van der Waals surface area contributed by atoms with Gasteiger partial charge in [-0.05, 0) is 59.0 Å². The van der Waals surface area contributed by atoms with Gasteiger partial charge in [0.1, 0.15) is 10.9 Å². The molecular formula is C26H37ClN6O2. The van der Waals surface area contributed by atoms with Crippen LogP contribution in [0.3, 0.4) is 0 Å². The molecule has 1 saturated heterocycles. The number of nitrogens with zero attached hydrogens (tertiary/aromatic N) is 6. The first-order valence-corrected chi connectivity index (χ1v) is 13.5. The predicted octanol–water partition coefficient (Wildman–Crippen LogP) is 5.74. The van der Waals surface area contributed by atoms with Gasteiger partial charge >= 0.3 is 0 Å². The second kappa shape index (κ2) is 11.2. The van der Waals surface area contributed by atoms with Crippen LogP contribution in [-0.2, 0) is 17.8 Å². The summed E-state index contributed by atoms with van der Waals surface area (Å²) in [6, 6.07) is 0.430. The van der Waals surface area contributed by atoms with Crippen molar-refractivity contribution in [1.82, 2.24) is 29.8 Å². The van der Waals surface area contributed by atoms with E-state index >= 15 is 0 Å². The van der Waals surface area contributed by atoms with E-state index in [-0.39, 0.29) is 11.7 Å². The molecule has 8 nitrogen and oxygen atoms in total. The number of carbonyl (C=O) groups is 1. The first kappa shape index (κ1) is 25.8. The predicted molar refractivity (Wildman–Crippen MR) is 138 cm³/mol. The Bertz CT molecular complexity index is 1190. The maximum absolute atomic E-state index is 12.8. The fourth-order valence-corrected chi connectivity index (χ4v) is 5.60. The largest absolute Gasteiger partial charge is 0.360 e. The standard InChI is InChI=1S/C24H31ClN6O2.C2H6/c1-4-5-11-18(32)16-9-6-10-17-20(29-33-21(16)17)23-26-22(25)19-14(2)28-31(24(19)27-23)13-15-8-7-12-30(15)3;1-2/h15-16H,4-13H2,1-3H3;1-2H3. The van der Waals surface area contributed by atoms with E-state index in [0.29, 0.717) is 34.9 Å². The maximum atomic E-state index is 12.8. The Hall–Kier alpha value is -2.32. The number of Topliss-reactive ketones (excluding diaryl/α,β-unsaturated/α-hetero) is 1. The Labute approximate surface area is 212 Å². The van der Waals surface area contributed by atoms with E-state index in [0.717, 1.165) is 73.9 Å². The van der Waals surface area contributed by atoms with Crippen LogP contribution in [0.4, 0.5) is 0 Å². The maximum Gasteiger partial charge on any atom is 0.185 e. The quantitative estimate of drug-likeness (QED) is 0.382. The normalized spacial score (nSPS) is 20.1. The number of aromatic nitrogens is 5. The van der Waals surface area contributed by atoms with Crippen LogP contribution in [0.15, 0.2) is 4.52 Å². The van der Waals surface area contributed by atoms with E-state index in [1.54, 1.807) is 0 Å². The highest BCUT2D eigenvalue weighted by atomic mass is 35.5. The molecule has 9 heteroatoms. The van der Waals surface area contributed by atoms with Gasteiger partial charge < -0.3 is 9.42 Å². The lowest BCUT2D eigenvalue weighted by molar-refractivity contribution is -0.121. The van der Waals surface area contributed by atoms with Gasteiger partial charge in [-0.3, -0.25) is 4.79 Å². The monoisotopic (exact) mass is 500 g/mol. The molecule has 1 fully saturated rings. The number of halogens is 1. The van der Waals surface area contributed by atoms with Crippen LogP contribution in [0.2, 0.25) is 5.15 Å². The minimum atomic E-state index is -0.216. The average molecular weight is 501 g/mol. The van der Waals surface area contributed by atoms with Crippen molar-refractivity contribution in [3.8, 4) is 11.5 Å². The number of carbonyl (C=O) groups excluding carboxylic acids is 1. The SMILES string of the molecule is CC.CCCCC(=O)C1CCCc2c(-c3nc(Cl)c4c(C)nn(CC5CCCN5C)c4n3)noc21. The minimum absolute atomic E-state index is 0.216. The molecule has 1 aliphatic heterocycles. The minimum Gasteiger partial charge on any atom is -0.360 e. The molecule has 35 heavy (non-hydrogen) atoms. The number of hydrogen-bond donors (Lipinski definition) is 0. The third-order valence-corrected chi connectivity index (χ3v) is 7.48. The molecule has 0 spiro atoms. The molecule has 0 bridgehead atoms. The van der Waals surface area contributed by atoms with E-state index < -0.39 is 0 Å². The van der Waals surface area contributed by atoms with Crippen molar-refractivity contribution in [2.45, 2.75) is 97.6 Å². The van der Waals surface area contributed by atoms with Gasteiger partial charge in [-0.25, -0.2) is 14.6 Å². The molecular weight excluding hydrogens is 464 g/mol. The summed E-state index contributed by atoms with van der Waals surface area (Å²) in [5, 5.41) is 10.2. The van der Waals surface area contributed by atoms with Gasteiger partial charge in [0.05, 0.1) is 23.5 Å². The molecule has 1 aliphatic carbocycles. The fraction of sp³-hybridized carbons (Fsp3) is 0.654. The lowest BCUT2D eigenvalue weighted by atomic mass is 9.83. The molecule has 2 aliphatic rings. The van der Waals surface area contributed by atoms with Crippen LogP contribution < -0.4 is 0 Å². The van der Waals surface area contributed by atoms with Crippen LogP contribution in [0.25, 0.3) is 22.6 Å². The summed E-state index contributed by atoms with van der Waals surface area (Å²) < 4.78 is 7.70. The fourth-order valence-electron chi connectivity index (χ4n) is 5.30. The van der Waals surface area contributed by atoms with Gasteiger partial charge in [0.25, 0.3) is 0 Å². The molecule has 5 rings (SSSR count). The van der Waals surface area contributed by atoms with Crippen LogP contribution in [0, 0.1) is 6.92 Å². The Morgan fingerprint density at radius 1 is 1.20 bits per heavy atom. The lowest BCUT2D eigenvalue weighted by Crippen LogP contribution is -2.29. The van der Waals surface area contributed by atoms with Crippen LogP contribution in [0.5, 0.6) is 0 Å². The van der Waals surface area contributed by atoms with E-state index in [1.165, 1.54) is 6.42 Å². The van der Waals surface area contributed by atoms with Crippen molar-refractivity contribution in [3.05, 3.63) is 22.2 Å². The number of likely N-dealkylation sites (tertiary alicyclic amines) is 1. The van der Waals surface area contributed by atoms with Crippen molar-refractivity contribution in [2.75, 3.05) is 13.6 Å². The molecule has 0 aromatic carbocycles. The highest BCUT2D eigenvalue weighted by molar-refractivity contribution is 6.34. The van der Waals surface area contributed by atoms with Gasteiger partial charge in [-0.15, -0.1) is 0 Å². The van der Waals surface area contributed by atoms with Crippen LogP contribution in [-0.4, -0.2) is 55.2 Å². The van der Waals surface area contributed by atoms with Crippen molar-refractivity contribution < 1.29 is 9.32 Å². The molecule has 2 atom stereocenters. The summed E-state index contributed by atoms with van der Waals surface area (Å²) in [6.45, 7) is 9.91. The smallest absolute Gasteiger partial charge is 0.185 e. The zero-order chi connectivity index (χ0) is 25.1. The van der Waals surface area contributed by atoms with Gasteiger partial charge in [0, 0.05) is 18.0 Å². The number of rotatable bonds is 7. The summed E-state index contributed by atoms with van der Waals surface area (Å²) in [6.07, 6.45) is 7.37. The Morgan fingerprint density at radius 2 is 2.00 bits per heavy atom. The zero-order valence-electron chi connectivity index (χ0n) is 21.6. The first-order valence-electron chi connectivity index (χ1n) is 13.1. The molecule has 4 heterocycles. The average Bonchev–Trinajstić information content (AvgIpc) is 3.56. The molecule has 190 valence electrons. The summed E-state index contributed by atoms with van der Waals surface area (Å²) in [7, 11) is 2.16. The topological polar surface area (TPSA) is 89.9 Å². The van der Waals surface area contributed by atoms with Crippen molar-refractivity contribution in [1.29, 1.82) is 0 Å². The van der Waals surface area contributed by atoms with Gasteiger partial charge in [-0.1, -0.05) is 43.9 Å². The summed E-state index contributed by atoms with van der Waals surface area (Å²) in [5.74, 6) is 1.16. The summed E-state index contributed by atoms with van der Waals surface area (Å²) in [4.78, 5) is 24.6. The Morgan fingerprint density at radius 3 is 2.71 bits per heavy atom. The number of fused-ring (bicyclic) bond motifs is 2. The highest BCUT2D eigenvalue weighted by Crippen LogP contribution is 2.38. The summed E-state index contributed by atoms with van der Waals surface area (Å²) >= 11 is 6.64. The second-order valence-electron chi connectivity index (χ2n) is 9.47. The Balaban J connectivity index is 0.00000141. The molecule has 0 saturated carbocycles. The molecule has 0 radical (unpaired) electrons. The van der Waals surface area contributed by atoms with Crippen molar-refractivity contribution in [3.63, 3.8) is 0 Å². The number of aryl methyl sites for hydroxylation is 1. The van der Waals surface area contributed by atoms with Crippen molar-refractivity contribution in [2.24, 2.45) is 0 Å². The van der Waals surface area contributed by atoms with Crippen molar-refractivity contribution >= 4 is 28.4 Å². The Kier molecular flexibility index (Phi) is 8.22. The van der Waals surface area contributed by atoms with E-state index in [1.807, 2.05) is 25.5 Å². The highest BCUT2D eigenvalue weighted by Gasteiger charge is 2.34. The van der Waals surface area contributed by atoms with Gasteiger partial charge in [0.15, 0.2) is 22.9 Å². The third kappa shape index (κ3) is 5.00. The van der Waals surface area contributed by atoms with E-state index in [2.05, 4.69) is 29.0 Å². The van der Waals surface area contributed by atoms with Gasteiger partial charge in [0.2, 0.25) is 0 Å². The molecule has 0 amide bonds. The van der Waals surface area contributed by atoms with Crippen LogP contribution >= 0.6 is 11.6 Å². The first-order chi connectivity index (χ1) is 17.0. The van der Waals surface area contributed by atoms with Gasteiger partial charge in [-0.2, -0.15) is 5.10 Å². The lowest BCUT2D eigenvalue weighted by Gasteiger charge is -2.19. The van der Waals surface area contributed by atoms with Crippen LogP contribution in [0.1, 0.15) is 88.7 Å².